The number of hydrogen-bond acceptors (Lipinski definition) is 2. The maximum Gasteiger partial charge on any atom is 0.0122 e. The zero-order valence-electron chi connectivity index (χ0n) is 7.22. The molecule has 10 heavy (non-hydrogen) atoms. The molecule has 1 N–H and O–H groups in total. The van der Waals surface area contributed by atoms with Gasteiger partial charge in [-0.25, -0.2) is 0 Å². The van der Waals surface area contributed by atoms with Crippen LogP contribution in [0, 0.1) is 0 Å². The van der Waals surface area contributed by atoms with Crippen molar-refractivity contribution in [3.63, 3.8) is 0 Å². The summed E-state index contributed by atoms with van der Waals surface area (Å²) >= 11 is 0. The van der Waals surface area contributed by atoms with E-state index in [1.807, 2.05) is 7.05 Å². The molecular formula is C8H18N2. The van der Waals surface area contributed by atoms with Crippen molar-refractivity contribution in [1.82, 2.24) is 10.2 Å². The summed E-state index contributed by atoms with van der Waals surface area (Å²) in [6.45, 7) is 3.40. The highest BCUT2D eigenvalue weighted by Crippen LogP contribution is 2.23. The van der Waals surface area contributed by atoms with Gasteiger partial charge in [0.2, 0.25) is 0 Å². The fourth-order valence-corrected chi connectivity index (χ4v) is 1.44. The van der Waals surface area contributed by atoms with Crippen LogP contribution >= 0.6 is 0 Å². The summed E-state index contributed by atoms with van der Waals surface area (Å²) < 4.78 is 0. The first-order chi connectivity index (χ1) is 4.77. The minimum absolute atomic E-state index is 0.791. The molecule has 0 heterocycles. The van der Waals surface area contributed by atoms with Gasteiger partial charge in [-0.05, 0) is 33.5 Å². The Labute approximate surface area is 63.6 Å². The van der Waals surface area contributed by atoms with Crippen molar-refractivity contribution in [1.29, 1.82) is 0 Å². The molecule has 0 aromatic rings. The molecule has 1 rings (SSSR count). The fourth-order valence-electron chi connectivity index (χ4n) is 1.44. The molecular weight excluding hydrogens is 124 g/mol. The highest BCUT2D eigenvalue weighted by atomic mass is 15.1. The Morgan fingerprint density at radius 3 is 2.50 bits per heavy atom. The van der Waals surface area contributed by atoms with Gasteiger partial charge in [-0.1, -0.05) is 6.92 Å². The quantitative estimate of drug-likeness (QED) is 0.623. The molecule has 0 bridgehead atoms. The van der Waals surface area contributed by atoms with Crippen LogP contribution in [0.4, 0.5) is 0 Å². The van der Waals surface area contributed by atoms with Crippen LogP contribution in [0.3, 0.4) is 0 Å². The van der Waals surface area contributed by atoms with E-state index in [0.29, 0.717) is 0 Å². The van der Waals surface area contributed by atoms with E-state index in [1.54, 1.807) is 0 Å². The molecule has 1 aliphatic rings. The van der Waals surface area contributed by atoms with Crippen molar-refractivity contribution in [2.24, 2.45) is 0 Å². The third-order valence-corrected chi connectivity index (χ3v) is 2.64. The van der Waals surface area contributed by atoms with Crippen molar-refractivity contribution in [3.8, 4) is 0 Å². The molecule has 0 radical (unpaired) electrons. The molecule has 0 saturated heterocycles. The summed E-state index contributed by atoms with van der Waals surface area (Å²) in [5, 5.41) is 3.28. The molecule has 0 aromatic carbocycles. The first kappa shape index (κ1) is 8.02. The van der Waals surface area contributed by atoms with Crippen molar-refractivity contribution in [2.45, 2.75) is 31.8 Å². The zero-order chi connectivity index (χ0) is 7.56. The van der Waals surface area contributed by atoms with E-state index in [0.717, 1.165) is 12.1 Å². The van der Waals surface area contributed by atoms with Crippen molar-refractivity contribution >= 4 is 0 Å². The number of nitrogens with zero attached hydrogens (tertiary/aromatic N) is 1. The average Bonchev–Trinajstić information content (AvgIpc) is 1.85. The molecule has 1 saturated carbocycles. The third-order valence-electron chi connectivity index (χ3n) is 2.64. The third kappa shape index (κ3) is 1.50. The van der Waals surface area contributed by atoms with Crippen LogP contribution in [0.15, 0.2) is 0 Å². The summed E-state index contributed by atoms with van der Waals surface area (Å²) in [4.78, 5) is 2.42. The van der Waals surface area contributed by atoms with Gasteiger partial charge >= 0.3 is 0 Å². The Morgan fingerprint density at radius 1 is 1.50 bits per heavy atom. The minimum Gasteiger partial charge on any atom is -0.317 e. The van der Waals surface area contributed by atoms with Gasteiger partial charge in [-0.15, -0.1) is 0 Å². The van der Waals surface area contributed by atoms with E-state index in [9.17, 15) is 0 Å². The van der Waals surface area contributed by atoms with Crippen LogP contribution in [0.5, 0.6) is 0 Å². The predicted molar refractivity (Wildman–Crippen MR) is 44.2 cm³/mol. The van der Waals surface area contributed by atoms with Gasteiger partial charge in [0.05, 0.1) is 0 Å². The number of rotatable bonds is 3. The molecule has 1 aliphatic carbocycles. The van der Waals surface area contributed by atoms with E-state index in [-0.39, 0.29) is 0 Å². The van der Waals surface area contributed by atoms with Crippen LogP contribution in [0.2, 0.25) is 0 Å². The van der Waals surface area contributed by atoms with Gasteiger partial charge in [0, 0.05) is 12.1 Å². The SMILES string of the molecule is CCN(C)C1CC(NC)C1. The van der Waals surface area contributed by atoms with Gasteiger partial charge < -0.3 is 10.2 Å². The standard InChI is InChI=1S/C8H18N2/c1-4-10(3)8-5-7(6-8)9-2/h7-9H,4-6H2,1-3H3. The van der Waals surface area contributed by atoms with Gasteiger partial charge in [-0.3, -0.25) is 0 Å². The summed E-state index contributed by atoms with van der Waals surface area (Å²) in [5.41, 5.74) is 0. The minimum atomic E-state index is 0.791. The van der Waals surface area contributed by atoms with E-state index in [2.05, 4.69) is 24.2 Å². The van der Waals surface area contributed by atoms with Crippen molar-refractivity contribution in [3.05, 3.63) is 0 Å². The van der Waals surface area contributed by atoms with E-state index in [1.165, 1.54) is 19.4 Å². The van der Waals surface area contributed by atoms with Crippen molar-refractivity contribution < 1.29 is 0 Å². The monoisotopic (exact) mass is 142 g/mol. The largest absolute Gasteiger partial charge is 0.317 e. The van der Waals surface area contributed by atoms with Crippen LogP contribution in [0.1, 0.15) is 19.8 Å². The van der Waals surface area contributed by atoms with Gasteiger partial charge in [-0.2, -0.15) is 0 Å². The highest BCUT2D eigenvalue weighted by Gasteiger charge is 2.29. The summed E-state index contributed by atoms with van der Waals surface area (Å²) in [6.07, 6.45) is 2.67. The van der Waals surface area contributed by atoms with E-state index >= 15 is 0 Å². The summed E-state index contributed by atoms with van der Waals surface area (Å²) in [5.74, 6) is 0. The molecule has 0 amide bonds. The second-order valence-electron chi connectivity index (χ2n) is 3.18. The molecule has 0 unspecified atom stereocenters. The Balaban J connectivity index is 2.13. The first-order valence-corrected chi connectivity index (χ1v) is 4.15. The van der Waals surface area contributed by atoms with Crippen LogP contribution < -0.4 is 5.32 Å². The van der Waals surface area contributed by atoms with Crippen LogP contribution in [0.25, 0.3) is 0 Å². The Morgan fingerprint density at radius 2 is 2.10 bits per heavy atom. The molecule has 1 fully saturated rings. The highest BCUT2D eigenvalue weighted by molar-refractivity contribution is 4.89. The van der Waals surface area contributed by atoms with Crippen LogP contribution in [-0.4, -0.2) is 37.6 Å². The number of hydrogen-bond donors (Lipinski definition) is 1. The second-order valence-corrected chi connectivity index (χ2v) is 3.18. The zero-order valence-corrected chi connectivity index (χ0v) is 7.22. The molecule has 2 nitrogen and oxygen atoms in total. The van der Waals surface area contributed by atoms with E-state index in [4.69, 9.17) is 0 Å². The second kappa shape index (κ2) is 3.35. The lowest BCUT2D eigenvalue weighted by Crippen LogP contribution is -2.50. The normalized spacial score (nSPS) is 32.4. The lowest BCUT2D eigenvalue weighted by atomic mass is 9.86. The predicted octanol–water partition coefficient (Wildman–Crippen LogP) is 0.689. The molecule has 0 spiro atoms. The van der Waals surface area contributed by atoms with Crippen molar-refractivity contribution in [2.75, 3.05) is 20.6 Å². The van der Waals surface area contributed by atoms with Gasteiger partial charge in [0.25, 0.3) is 0 Å². The molecule has 0 aliphatic heterocycles. The Kier molecular flexibility index (Phi) is 2.69. The summed E-state index contributed by atoms with van der Waals surface area (Å²) in [6, 6.07) is 1.64. The maximum absolute atomic E-state index is 3.28. The van der Waals surface area contributed by atoms with Gasteiger partial charge in [0.1, 0.15) is 0 Å². The number of nitrogens with one attached hydrogen (secondary N) is 1. The fraction of sp³-hybridized carbons (Fsp3) is 1.00. The topological polar surface area (TPSA) is 15.3 Å². The lowest BCUT2D eigenvalue weighted by molar-refractivity contribution is 0.131. The van der Waals surface area contributed by atoms with Crippen LogP contribution in [-0.2, 0) is 0 Å². The maximum atomic E-state index is 3.28. The molecule has 0 atom stereocenters. The Hall–Kier alpha value is -0.0800. The Bertz CT molecular complexity index is 97.4. The smallest absolute Gasteiger partial charge is 0.0122 e. The molecule has 60 valence electrons. The molecule has 2 heteroatoms. The lowest BCUT2D eigenvalue weighted by Gasteiger charge is -2.40. The summed E-state index contributed by atoms with van der Waals surface area (Å²) in [7, 11) is 4.25. The van der Waals surface area contributed by atoms with E-state index < -0.39 is 0 Å². The first-order valence-electron chi connectivity index (χ1n) is 4.15. The average molecular weight is 142 g/mol. The van der Waals surface area contributed by atoms with Gasteiger partial charge in [0.15, 0.2) is 0 Å². The molecule has 0 aromatic heterocycles.